The zero-order valence-electron chi connectivity index (χ0n) is 74.4. The lowest BCUT2D eigenvalue weighted by molar-refractivity contribution is 0.0103. The van der Waals surface area contributed by atoms with Gasteiger partial charge in [0.2, 0.25) is 0 Å². The van der Waals surface area contributed by atoms with E-state index < -0.39 is 0 Å². The number of aromatic hydroxyl groups is 6. The average Bonchev–Trinajstić information content (AvgIpc) is 0.723. The van der Waals surface area contributed by atoms with E-state index in [4.69, 9.17) is 14.2 Å². The minimum Gasteiger partial charge on any atom is -0.508 e. The van der Waals surface area contributed by atoms with Crippen molar-refractivity contribution in [2.75, 3.05) is 0 Å². The van der Waals surface area contributed by atoms with Crippen LogP contribution in [0.15, 0.2) is 149 Å². The number of aryl methyl sites for hydroxylation is 4. The summed E-state index contributed by atoms with van der Waals surface area (Å²) in [5, 5.41) is 63.6. The second-order valence-electron chi connectivity index (χ2n) is 38.2. The molecule has 114 heavy (non-hydrogen) atoms. The van der Waals surface area contributed by atoms with E-state index >= 15 is 0 Å². The Morgan fingerprint density at radius 1 is 0.368 bits per heavy atom. The molecule has 0 saturated carbocycles. The molecule has 10 atom stereocenters. The van der Waals surface area contributed by atoms with Crippen molar-refractivity contribution in [1.29, 1.82) is 0 Å². The van der Waals surface area contributed by atoms with Crippen LogP contribution in [0.3, 0.4) is 0 Å². The van der Waals surface area contributed by atoms with Crippen LogP contribution in [0.4, 0.5) is 0 Å². The smallest absolute Gasteiger partial charge is 0.127 e. The summed E-state index contributed by atoms with van der Waals surface area (Å²) in [4.78, 5) is 0. The van der Waals surface area contributed by atoms with Crippen LogP contribution in [0, 0.1) is 29.6 Å². The van der Waals surface area contributed by atoms with Gasteiger partial charge in [-0.05, 0) is 299 Å². The molecule has 5 aromatic carbocycles. The molecule has 624 valence electrons. The Hall–Kier alpha value is -7.52. The minimum absolute atomic E-state index is 0.0203. The number of allylic oxidation sites excluding steroid dienone is 12. The minimum atomic E-state index is -0.203. The molecular formula is C105H150O9. The third kappa shape index (κ3) is 22.2. The van der Waals surface area contributed by atoms with Crippen LogP contribution in [0.1, 0.15) is 371 Å². The van der Waals surface area contributed by atoms with E-state index in [-0.39, 0.29) is 69.2 Å². The Labute approximate surface area is 690 Å². The molecule has 8 aliphatic rings. The summed E-state index contributed by atoms with van der Waals surface area (Å²) >= 11 is 0. The third-order valence-corrected chi connectivity index (χ3v) is 26.9. The molecule has 6 N–H and O–H groups in total. The highest BCUT2D eigenvalue weighted by molar-refractivity contribution is 5.58. The molecule has 0 unspecified atom stereocenters. The van der Waals surface area contributed by atoms with Gasteiger partial charge in [-0.1, -0.05) is 207 Å². The number of fused-ring (bicyclic) bond motifs is 9. The predicted octanol–water partition coefficient (Wildman–Crippen LogP) is 29.1. The van der Waals surface area contributed by atoms with E-state index in [1.165, 1.54) is 120 Å². The third-order valence-electron chi connectivity index (χ3n) is 26.9. The van der Waals surface area contributed by atoms with E-state index in [0.717, 1.165) is 160 Å². The molecule has 0 aromatic heterocycles. The number of ether oxygens (including phenoxy) is 3. The van der Waals surface area contributed by atoms with Crippen molar-refractivity contribution in [1.82, 2.24) is 0 Å². The molecule has 0 spiro atoms. The highest BCUT2D eigenvalue weighted by Gasteiger charge is 2.49. The number of rotatable bonds is 22. The molecule has 3 heterocycles. The lowest BCUT2D eigenvalue weighted by Gasteiger charge is -2.46. The van der Waals surface area contributed by atoms with Gasteiger partial charge in [0.05, 0.1) is 0 Å². The van der Waals surface area contributed by atoms with Crippen molar-refractivity contribution in [2.24, 2.45) is 29.6 Å². The first-order chi connectivity index (χ1) is 54.0. The highest BCUT2D eigenvalue weighted by atomic mass is 16.5. The first kappa shape index (κ1) is 90.4. The number of unbranched alkanes of at least 4 members (excludes halogenated alkanes) is 7. The number of phenolic OH excluding ortho intramolecular Hbond substituents is 6. The molecule has 0 saturated heterocycles. The SMILES string of the molecule is C=C(C)[C@@H]1CCC(C)=C[C@H]1c1c(O)cc(CCC)cc1O.C=C(C)[C@@H]1CCC(C)=C[C@H]1c1ccc(CCCCC)cc1O.CCCCCCC(C)(C)c1cc(O)c2c(c1)OC(C)(C)[C@@H]1CCC(C)=C[C@@H]21.CCCCCc1cc(O)c2c(c1)OC(C)(C)[C@@H]1CCC(C)=C[C@@H]21.CCCc1cc(O)c2c(c1)OC(C)(C)[C@@H]1CCC(C)=C[C@@H]21. The summed E-state index contributed by atoms with van der Waals surface area (Å²) in [6, 6.07) is 22.3. The molecule has 5 aliphatic carbocycles. The van der Waals surface area contributed by atoms with Crippen LogP contribution in [0.5, 0.6) is 51.7 Å². The summed E-state index contributed by atoms with van der Waals surface area (Å²) in [6.45, 7) is 52.0. The number of benzene rings is 5. The van der Waals surface area contributed by atoms with Gasteiger partial charge in [-0.3, -0.25) is 0 Å². The summed E-state index contributed by atoms with van der Waals surface area (Å²) in [6.07, 6.45) is 42.3. The molecule has 9 nitrogen and oxygen atoms in total. The fraction of sp³-hybridized carbons (Fsp3) is 0.581. The van der Waals surface area contributed by atoms with Gasteiger partial charge in [0.15, 0.2) is 0 Å². The summed E-state index contributed by atoms with van der Waals surface area (Å²) < 4.78 is 19.2. The molecule has 13 rings (SSSR count). The standard InChI is InChI=1S/C25H38O2.C21H30O2.C21H30O.2C19H26O2/c1-7-8-9-10-13-24(3,4)18-15-21(26)23-19-14-17(2)11-12-20(19)25(5,6)27-22(23)16-18;1-5-6-7-8-15-12-18(22)20-16-11-14(2)9-10-17(16)21(3,4)23-19(20)13-15;1-5-6-7-8-17-10-12-19(21(22)14-17)20-13-16(4)9-11-18(20)15(2)3;1-5-6-13-10-16(20)18-14-9-12(2)7-8-15(14)19(3,4)21-17(18)11-13;1-5-6-14-10-17(20)19(18(21)11-14)16-9-13(4)7-8-15(16)12(2)3/h14-16,19-20,26H,7-13H2,1-6H3;11-13,16-17,22H,5-10H2,1-4H3;10,12-14,18,20,22H,2,5-9,11H2,1,3-4H3;9-11,14-15,20H,5-8H2,1-4H3;9-11,15-16,20-21H,2,5-8H2,1,3-4H3/t19-,20-;16-,17-;18-,20+;14-,15-;15-,16+/m11010/s1. The molecule has 5 aromatic rings. The van der Waals surface area contributed by atoms with Crippen LogP contribution >= 0.6 is 0 Å². The van der Waals surface area contributed by atoms with Crippen LogP contribution in [0.25, 0.3) is 0 Å². The van der Waals surface area contributed by atoms with Gasteiger partial charge in [0.1, 0.15) is 68.5 Å². The molecule has 0 radical (unpaired) electrons. The zero-order chi connectivity index (χ0) is 83.3. The van der Waals surface area contributed by atoms with Crippen molar-refractivity contribution in [3.05, 3.63) is 205 Å². The van der Waals surface area contributed by atoms with Gasteiger partial charge in [-0.25, -0.2) is 0 Å². The number of hydrogen-bond donors (Lipinski definition) is 6. The van der Waals surface area contributed by atoms with Gasteiger partial charge < -0.3 is 44.8 Å². The van der Waals surface area contributed by atoms with E-state index in [2.05, 4.69) is 205 Å². The van der Waals surface area contributed by atoms with Gasteiger partial charge >= 0.3 is 0 Å². The summed E-state index contributed by atoms with van der Waals surface area (Å²) in [5.41, 5.74) is 19.4. The summed E-state index contributed by atoms with van der Waals surface area (Å²) in [7, 11) is 0. The average molecular weight is 1560 g/mol. The van der Waals surface area contributed by atoms with Crippen LogP contribution in [-0.2, 0) is 31.1 Å². The molecule has 0 amide bonds. The first-order valence-electron chi connectivity index (χ1n) is 44.7. The van der Waals surface area contributed by atoms with Crippen LogP contribution in [-0.4, -0.2) is 47.4 Å². The lowest BCUT2D eigenvalue weighted by atomic mass is 9.67. The van der Waals surface area contributed by atoms with Gasteiger partial charge in [0.25, 0.3) is 0 Å². The van der Waals surface area contributed by atoms with Crippen molar-refractivity contribution in [2.45, 2.75) is 364 Å². The van der Waals surface area contributed by atoms with Crippen LogP contribution < -0.4 is 14.2 Å². The Morgan fingerprint density at radius 3 is 1.11 bits per heavy atom. The van der Waals surface area contributed by atoms with Gasteiger partial charge in [0, 0.05) is 75.2 Å². The molecular weight excluding hydrogens is 1410 g/mol. The zero-order valence-corrected chi connectivity index (χ0v) is 74.4. The molecule has 0 bridgehead atoms. The number of hydrogen-bond acceptors (Lipinski definition) is 9. The second-order valence-corrected chi connectivity index (χ2v) is 38.2. The van der Waals surface area contributed by atoms with Gasteiger partial charge in [-0.2, -0.15) is 0 Å². The fourth-order valence-corrected chi connectivity index (χ4v) is 20.3. The monoisotopic (exact) mass is 1560 g/mol. The van der Waals surface area contributed by atoms with E-state index in [1.54, 1.807) is 12.1 Å². The Kier molecular flexibility index (Phi) is 31.4. The van der Waals surface area contributed by atoms with Crippen molar-refractivity contribution >= 4 is 0 Å². The normalized spacial score (nSPS) is 23.8. The molecule has 0 fully saturated rings. The van der Waals surface area contributed by atoms with Crippen molar-refractivity contribution in [3.63, 3.8) is 0 Å². The Balaban J connectivity index is 0.000000164. The summed E-state index contributed by atoms with van der Waals surface area (Å²) in [5.74, 6) is 7.95. The van der Waals surface area contributed by atoms with E-state index in [0.29, 0.717) is 52.2 Å². The van der Waals surface area contributed by atoms with Crippen LogP contribution in [0.2, 0.25) is 0 Å². The molecule has 3 aliphatic heterocycles. The van der Waals surface area contributed by atoms with E-state index in [9.17, 15) is 30.6 Å². The maximum atomic E-state index is 11.0. The van der Waals surface area contributed by atoms with E-state index in [1.807, 2.05) is 31.2 Å². The first-order valence-corrected chi connectivity index (χ1v) is 44.7. The van der Waals surface area contributed by atoms with Crippen molar-refractivity contribution in [3.8, 4) is 51.7 Å². The second kappa shape index (κ2) is 39.6. The topological polar surface area (TPSA) is 149 Å². The van der Waals surface area contributed by atoms with Gasteiger partial charge in [-0.15, -0.1) is 0 Å². The number of phenols is 6. The lowest BCUT2D eigenvalue weighted by Crippen LogP contribution is -2.45. The Morgan fingerprint density at radius 2 is 0.702 bits per heavy atom. The maximum Gasteiger partial charge on any atom is 0.127 e. The predicted molar refractivity (Wildman–Crippen MR) is 478 cm³/mol. The maximum absolute atomic E-state index is 11.0. The Bertz CT molecular complexity index is 4270. The van der Waals surface area contributed by atoms with Crippen molar-refractivity contribution < 1.29 is 44.8 Å². The largest absolute Gasteiger partial charge is 0.508 e. The molecule has 9 heteroatoms. The fourth-order valence-electron chi connectivity index (χ4n) is 20.3. The quantitative estimate of drug-likeness (QED) is 0.0294. The highest BCUT2D eigenvalue weighted by Crippen LogP contribution is 2.58.